The number of nitro groups is 1. The lowest BCUT2D eigenvalue weighted by Gasteiger charge is -2.29. The number of hydrogen-bond donors (Lipinski definition) is 1. The first kappa shape index (κ1) is 13.3. The average Bonchev–Trinajstić information content (AvgIpc) is 2.34. The molecule has 2 unspecified atom stereocenters. The molecule has 98 valence electrons. The van der Waals surface area contributed by atoms with Crippen molar-refractivity contribution in [3.63, 3.8) is 0 Å². The van der Waals surface area contributed by atoms with E-state index in [1.807, 2.05) is 0 Å². The molecule has 0 aromatic heterocycles. The molecule has 0 bridgehead atoms. The maximum atomic E-state index is 10.6. The zero-order valence-electron chi connectivity index (χ0n) is 9.84. The van der Waals surface area contributed by atoms with Crippen LogP contribution in [-0.4, -0.2) is 17.1 Å². The molecule has 1 aliphatic carbocycles. The van der Waals surface area contributed by atoms with Gasteiger partial charge in [0, 0.05) is 18.2 Å². The van der Waals surface area contributed by atoms with Crippen molar-refractivity contribution in [3.05, 3.63) is 32.8 Å². The first-order valence-corrected chi connectivity index (χ1v) is 6.73. The van der Waals surface area contributed by atoms with Crippen molar-refractivity contribution in [1.29, 1.82) is 0 Å². The number of ether oxygens (including phenoxy) is 1. The van der Waals surface area contributed by atoms with E-state index in [1.165, 1.54) is 12.1 Å². The van der Waals surface area contributed by atoms with E-state index in [0.717, 1.165) is 25.7 Å². The molecule has 18 heavy (non-hydrogen) atoms. The number of nitrogens with two attached hydrogens (primary N) is 1. The fourth-order valence-corrected chi connectivity index (χ4v) is 2.59. The van der Waals surface area contributed by atoms with E-state index in [0.29, 0.717) is 10.2 Å². The number of benzene rings is 1. The highest BCUT2D eigenvalue weighted by Gasteiger charge is 2.24. The molecule has 0 spiro atoms. The number of nitro benzene ring substituents is 1. The van der Waals surface area contributed by atoms with E-state index >= 15 is 0 Å². The number of non-ortho nitro benzene ring substituents is 1. The van der Waals surface area contributed by atoms with Crippen molar-refractivity contribution in [2.45, 2.75) is 37.8 Å². The van der Waals surface area contributed by atoms with Gasteiger partial charge in [-0.3, -0.25) is 10.1 Å². The lowest BCUT2D eigenvalue weighted by Crippen LogP contribution is -2.41. The van der Waals surface area contributed by atoms with Gasteiger partial charge in [-0.1, -0.05) is 6.42 Å². The quantitative estimate of drug-likeness (QED) is 0.687. The summed E-state index contributed by atoms with van der Waals surface area (Å²) in [4.78, 5) is 10.2. The van der Waals surface area contributed by atoms with Gasteiger partial charge in [0.2, 0.25) is 0 Å². The number of halogens is 1. The molecular weight excluding hydrogens is 300 g/mol. The van der Waals surface area contributed by atoms with Gasteiger partial charge >= 0.3 is 0 Å². The van der Waals surface area contributed by atoms with Crippen molar-refractivity contribution in [3.8, 4) is 5.75 Å². The summed E-state index contributed by atoms with van der Waals surface area (Å²) in [5.41, 5.74) is 6.05. The van der Waals surface area contributed by atoms with Crippen molar-refractivity contribution in [2.24, 2.45) is 5.73 Å². The van der Waals surface area contributed by atoms with E-state index in [9.17, 15) is 10.1 Å². The third-order valence-corrected chi connectivity index (χ3v) is 3.78. The van der Waals surface area contributed by atoms with E-state index in [2.05, 4.69) is 15.9 Å². The minimum absolute atomic E-state index is 0.00324. The summed E-state index contributed by atoms with van der Waals surface area (Å²) in [5.74, 6) is 0.614. The van der Waals surface area contributed by atoms with E-state index in [4.69, 9.17) is 10.5 Å². The van der Waals surface area contributed by atoms with Gasteiger partial charge in [-0.25, -0.2) is 0 Å². The van der Waals surface area contributed by atoms with Gasteiger partial charge in [0.15, 0.2) is 0 Å². The minimum atomic E-state index is -0.430. The van der Waals surface area contributed by atoms with Crippen LogP contribution in [0.5, 0.6) is 5.75 Å². The summed E-state index contributed by atoms with van der Waals surface area (Å²) in [6, 6.07) is 4.54. The molecule has 0 radical (unpaired) electrons. The Morgan fingerprint density at radius 1 is 1.39 bits per heavy atom. The van der Waals surface area contributed by atoms with E-state index in [1.54, 1.807) is 6.07 Å². The molecule has 1 fully saturated rings. The Labute approximate surface area is 114 Å². The van der Waals surface area contributed by atoms with Gasteiger partial charge in [0.1, 0.15) is 11.9 Å². The Bertz CT molecular complexity index is 453. The fraction of sp³-hybridized carbons (Fsp3) is 0.500. The summed E-state index contributed by atoms with van der Waals surface area (Å²) in [7, 11) is 0. The highest BCUT2D eigenvalue weighted by Crippen LogP contribution is 2.32. The van der Waals surface area contributed by atoms with Crippen LogP contribution >= 0.6 is 15.9 Å². The smallest absolute Gasteiger partial charge is 0.270 e. The van der Waals surface area contributed by atoms with Crippen molar-refractivity contribution >= 4 is 21.6 Å². The zero-order valence-corrected chi connectivity index (χ0v) is 11.4. The van der Waals surface area contributed by atoms with Gasteiger partial charge in [0.25, 0.3) is 5.69 Å². The predicted octanol–water partition coefficient (Wildman–Crippen LogP) is 3.01. The molecule has 2 atom stereocenters. The number of hydrogen-bond acceptors (Lipinski definition) is 4. The van der Waals surface area contributed by atoms with Crippen LogP contribution in [-0.2, 0) is 0 Å². The van der Waals surface area contributed by atoms with Gasteiger partial charge in [-0.2, -0.15) is 0 Å². The molecule has 2 rings (SSSR count). The second-order valence-corrected chi connectivity index (χ2v) is 5.33. The molecule has 5 nitrogen and oxygen atoms in total. The second-order valence-electron chi connectivity index (χ2n) is 4.48. The van der Waals surface area contributed by atoms with E-state index in [-0.39, 0.29) is 17.8 Å². The van der Waals surface area contributed by atoms with Crippen LogP contribution in [0, 0.1) is 10.1 Å². The maximum absolute atomic E-state index is 10.6. The topological polar surface area (TPSA) is 78.4 Å². The van der Waals surface area contributed by atoms with Gasteiger partial charge < -0.3 is 10.5 Å². The number of nitrogens with zero attached hydrogens (tertiary/aromatic N) is 1. The lowest BCUT2D eigenvalue weighted by molar-refractivity contribution is -0.385. The van der Waals surface area contributed by atoms with Gasteiger partial charge in [-0.15, -0.1) is 0 Å². The molecule has 0 saturated heterocycles. The number of rotatable bonds is 3. The van der Waals surface area contributed by atoms with Gasteiger partial charge in [-0.05, 0) is 41.3 Å². The van der Waals surface area contributed by atoms with Crippen LogP contribution in [0.2, 0.25) is 0 Å². The standard InChI is InChI=1S/C12H15BrN2O3/c13-9-7-8(15(16)17)5-6-11(9)18-12-4-2-1-3-10(12)14/h5-7,10,12H,1-4,14H2. The normalized spacial score (nSPS) is 23.7. The van der Waals surface area contributed by atoms with Crippen LogP contribution < -0.4 is 10.5 Å². The van der Waals surface area contributed by atoms with Crippen molar-refractivity contribution in [1.82, 2.24) is 0 Å². The molecule has 6 heteroatoms. The molecule has 1 aromatic carbocycles. The molecule has 1 aromatic rings. The van der Waals surface area contributed by atoms with E-state index < -0.39 is 4.92 Å². The Kier molecular flexibility index (Phi) is 4.19. The second kappa shape index (κ2) is 5.67. The summed E-state index contributed by atoms with van der Waals surface area (Å²) in [6.45, 7) is 0. The third-order valence-electron chi connectivity index (χ3n) is 3.16. The highest BCUT2D eigenvalue weighted by molar-refractivity contribution is 9.10. The first-order chi connectivity index (χ1) is 8.58. The largest absolute Gasteiger partial charge is 0.488 e. The zero-order chi connectivity index (χ0) is 13.1. The molecule has 2 N–H and O–H groups in total. The molecule has 0 amide bonds. The van der Waals surface area contributed by atoms with Crippen LogP contribution in [0.3, 0.4) is 0 Å². The summed E-state index contributed by atoms with van der Waals surface area (Å²) in [5, 5.41) is 10.6. The van der Waals surface area contributed by atoms with Crippen LogP contribution in [0.1, 0.15) is 25.7 Å². The molecule has 0 heterocycles. The van der Waals surface area contributed by atoms with Crippen LogP contribution in [0.4, 0.5) is 5.69 Å². The summed E-state index contributed by atoms with van der Waals surface area (Å²) < 4.78 is 6.43. The Morgan fingerprint density at radius 3 is 2.72 bits per heavy atom. The molecule has 1 saturated carbocycles. The predicted molar refractivity (Wildman–Crippen MR) is 71.7 cm³/mol. The SMILES string of the molecule is NC1CCCCC1Oc1ccc([N+](=O)[O-])cc1Br. The summed E-state index contributed by atoms with van der Waals surface area (Å²) in [6.07, 6.45) is 4.15. The monoisotopic (exact) mass is 314 g/mol. The highest BCUT2D eigenvalue weighted by atomic mass is 79.9. The average molecular weight is 315 g/mol. The first-order valence-electron chi connectivity index (χ1n) is 5.94. The lowest BCUT2D eigenvalue weighted by atomic mass is 9.93. The summed E-state index contributed by atoms with van der Waals surface area (Å²) >= 11 is 3.29. The third kappa shape index (κ3) is 3.00. The molecule has 1 aliphatic rings. The van der Waals surface area contributed by atoms with Crippen molar-refractivity contribution in [2.75, 3.05) is 0 Å². The van der Waals surface area contributed by atoms with Gasteiger partial charge in [0.05, 0.1) is 9.40 Å². The molecule has 0 aliphatic heterocycles. The minimum Gasteiger partial charge on any atom is -0.488 e. The van der Waals surface area contributed by atoms with Crippen LogP contribution in [0.25, 0.3) is 0 Å². The fourth-order valence-electron chi connectivity index (χ4n) is 2.13. The Hall–Kier alpha value is -1.14. The molecular formula is C12H15BrN2O3. The van der Waals surface area contributed by atoms with Crippen LogP contribution in [0.15, 0.2) is 22.7 Å². The van der Waals surface area contributed by atoms with Crippen molar-refractivity contribution < 1.29 is 9.66 Å². The maximum Gasteiger partial charge on any atom is 0.270 e. The Balaban J connectivity index is 2.11. The Morgan fingerprint density at radius 2 is 2.11 bits per heavy atom.